The van der Waals surface area contributed by atoms with Gasteiger partial charge < -0.3 is 4.90 Å². The quantitative estimate of drug-likeness (QED) is 0.487. The molecule has 0 aromatic heterocycles. The molecule has 0 aliphatic carbocycles. The Hall–Kier alpha value is -2.69. The maximum Gasteiger partial charge on any atom is 0.280 e. The van der Waals surface area contributed by atoms with Crippen molar-refractivity contribution in [1.82, 2.24) is 0 Å². The Morgan fingerprint density at radius 3 is 2.45 bits per heavy atom. The second-order valence-electron chi connectivity index (χ2n) is 4.55. The molecule has 0 bridgehead atoms. The first-order chi connectivity index (χ1) is 9.50. The zero-order chi connectivity index (χ0) is 14.7. The first kappa shape index (κ1) is 13.7. The third-order valence-corrected chi connectivity index (χ3v) is 2.97. The lowest BCUT2D eigenvalue weighted by atomic mass is 10.0. The molecule has 0 saturated heterocycles. The number of benzene rings is 2. The minimum Gasteiger partial charge on any atom is -0.378 e. The van der Waals surface area contributed by atoms with Gasteiger partial charge >= 0.3 is 0 Å². The van der Waals surface area contributed by atoms with Crippen LogP contribution in [0.15, 0.2) is 48.5 Å². The second kappa shape index (κ2) is 5.52. The number of ketones is 1. The van der Waals surface area contributed by atoms with E-state index in [1.165, 1.54) is 12.1 Å². The van der Waals surface area contributed by atoms with Crippen molar-refractivity contribution in [3.63, 3.8) is 0 Å². The predicted molar refractivity (Wildman–Crippen MR) is 77.3 cm³/mol. The van der Waals surface area contributed by atoms with Gasteiger partial charge in [-0.2, -0.15) is 0 Å². The monoisotopic (exact) mass is 270 g/mol. The Labute approximate surface area is 116 Å². The van der Waals surface area contributed by atoms with E-state index in [0.29, 0.717) is 5.56 Å². The summed E-state index contributed by atoms with van der Waals surface area (Å²) in [5.41, 5.74) is 1.24. The molecule has 2 aromatic carbocycles. The summed E-state index contributed by atoms with van der Waals surface area (Å²) in [4.78, 5) is 24.7. The normalized spacial score (nSPS) is 10.1. The molecule has 2 rings (SSSR count). The molecule has 0 radical (unpaired) electrons. The van der Waals surface area contributed by atoms with Crippen LogP contribution in [0.5, 0.6) is 0 Å². The van der Waals surface area contributed by atoms with Gasteiger partial charge in [0.2, 0.25) is 0 Å². The van der Waals surface area contributed by atoms with E-state index in [9.17, 15) is 14.9 Å². The van der Waals surface area contributed by atoms with Crippen LogP contribution < -0.4 is 4.90 Å². The number of carbonyl (C=O) groups is 1. The number of anilines is 1. The van der Waals surface area contributed by atoms with E-state index in [0.717, 1.165) is 5.69 Å². The molecule has 0 spiro atoms. The van der Waals surface area contributed by atoms with Crippen LogP contribution in [-0.2, 0) is 0 Å². The van der Waals surface area contributed by atoms with Gasteiger partial charge in [-0.3, -0.25) is 14.9 Å². The molecule has 0 saturated carbocycles. The molecule has 0 unspecified atom stereocenters. The summed E-state index contributed by atoms with van der Waals surface area (Å²) in [6.07, 6.45) is 0. The van der Waals surface area contributed by atoms with E-state index in [1.807, 2.05) is 25.1 Å². The Balaban J connectivity index is 2.47. The van der Waals surface area contributed by atoms with Crippen LogP contribution in [0.3, 0.4) is 0 Å². The number of nitro groups is 1. The lowest BCUT2D eigenvalue weighted by Crippen LogP contribution is -2.10. The van der Waals surface area contributed by atoms with Gasteiger partial charge in [0.1, 0.15) is 5.56 Å². The summed E-state index contributed by atoms with van der Waals surface area (Å²) >= 11 is 0. The lowest BCUT2D eigenvalue weighted by molar-refractivity contribution is -0.385. The summed E-state index contributed by atoms with van der Waals surface area (Å²) in [5, 5.41) is 11.0. The molecule has 5 nitrogen and oxygen atoms in total. The Morgan fingerprint density at radius 1 is 1.10 bits per heavy atom. The lowest BCUT2D eigenvalue weighted by Gasteiger charge is -2.13. The van der Waals surface area contributed by atoms with Crippen LogP contribution >= 0.6 is 0 Å². The van der Waals surface area contributed by atoms with Crippen molar-refractivity contribution >= 4 is 17.2 Å². The third kappa shape index (κ3) is 2.66. The molecule has 0 N–H and O–H groups in total. The van der Waals surface area contributed by atoms with Gasteiger partial charge in [-0.15, -0.1) is 0 Å². The molecule has 0 aliphatic rings. The SMILES string of the molecule is CN(C)c1cccc(C(=O)c2ccccc2[N+](=O)[O-])c1. The van der Waals surface area contributed by atoms with Crippen molar-refractivity contribution in [3.05, 3.63) is 69.8 Å². The highest BCUT2D eigenvalue weighted by atomic mass is 16.6. The highest BCUT2D eigenvalue weighted by Crippen LogP contribution is 2.23. The number of para-hydroxylation sites is 1. The molecular weight excluding hydrogens is 256 g/mol. The van der Waals surface area contributed by atoms with Crippen molar-refractivity contribution < 1.29 is 9.72 Å². The minimum absolute atomic E-state index is 0.105. The summed E-state index contributed by atoms with van der Waals surface area (Å²) in [6, 6.07) is 13.0. The first-order valence-corrected chi connectivity index (χ1v) is 6.06. The molecule has 20 heavy (non-hydrogen) atoms. The maximum atomic E-state index is 12.4. The molecule has 0 aliphatic heterocycles. The average Bonchev–Trinajstić information content (AvgIpc) is 2.46. The zero-order valence-corrected chi connectivity index (χ0v) is 11.2. The molecule has 0 heterocycles. The number of hydrogen-bond donors (Lipinski definition) is 0. The summed E-state index contributed by atoms with van der Waals surface area (Å²) in [6.45, 7) is 0. The van der Waals surface area contributed by atoms with E-state index in [-0.39, 0.29) is 17.0 Å². The van der Waals surface area contributed by atoms with Gasteiger partial charge in [0.25, 0.3) is 5.69 Å². The fourth-order valence-corrected chi connectivity index (χ4v) is 1.91. The highest BCUT2D eigenvalue weighted by molar-refractivity contribution is 6.11. The van der Waals surface area contributed by atoms with E-state index in [2.05, 4.69) is 0 Å². The third-order valence-electron chi connectivity index (χ3n) is 2.97. The number of rotatable bonds is 4. The van der Waals surface area contributed by atoms with Crippen LogP contribution in [0, 0.1) is 10.1 Å². The minimum atomic E-state index is -0.539. The van der Waals surface area contributed by atoms with Crippen molar-refractivity contribution in [2.45, 2.75) is 0 Å². The average molecular weight is 270 g/mol. The predicted octanol–water partition coefficient (Wildman–Crippen LogP) is 2.89. The van der Waals surface area contributed by atoms with E-state index in [4.69, 9.17) is 0 Å². The van der Waals surface area contributed by atoms with Gasteiger partial charge in [0.15, 0.2) is 5.78 Å². The van der Waals surface area contributed by atoms with Crippen molar-refractivity contribution in [3.8, 4) is 0 Å². The van der Waals surface area contributed by atoms with Crippen LogP contribution in [0.4, 0.5) is 11.4 Å². The Bertz CT molecular complexity index is 666. The molecule has 0 atom stereocenters. The van der Waals surface area contributed by atoms with Crippen LogP contribution in [0.1, 0.15) is 15.9 Å². The molecular formula is C15H14N2O3. The smallest absolute Gasteiger partial charge is 0.280 e. The fraction of sp³-hybridized carbons (Fsp3) is 0.133. The maximum absolute atomic E-state index is 12.4. The van der Waals surface area contributed by atoms with Crippen LogP contribution in [0.25, 0.3) is 0 Å². The molecule has 102 valence electrons. The summed E-state index contributed by atoms with van der Waals surface area (Å²) in [7, 11) is 3.74. The highest BCUT2D eigenvalue weighted by Gasteiger charge is 2.20. The van der Waals surface area contributed by atoms with Gasteiger partial charge in [-0.25, -0.2) is 0 Å². The van der Waals surface area contributed by atoms with Gasteiger partial charge in [0, 0.05) is 31.4 Å². The van der Waals surface area contributed by atoms with E-state index >= 15 is 0 Å². The zero-order valence-electron chi connectivity index (χ0n) is 11.2. The standard InChI is InChI=1S/C15H14N2O3/c1-16(2)12-7-5-6-11(10-12)15(18)13-8-3-4-9-14(13)17(19)20/h3-10H,1-2H3. The van der Waals surface area contributed by atoms with E-state index < -0.39 is 4.92 Å². The molecule has 5 heteroatoms. The molecule has 2 aromatic rings. The fourth-order valence-electron chi connectivity index (χ4n) is 1.91. The number of nitrogens with zero attached hydrogens (tertiary/aromatic N) is 2. The topological polar surface area (TPSA) is 63.5 Å². The number of nitro benzene ring substituents is 1. The van der Waals surface area contributed by atoms with Crippen LogP contribution in [-0.4, -0.2) is 24.8 Å². The van der Waals surface area contributed by atoms with Crippen molar-refractivity contribution in [2.75, 3.05) is 19.0 Å². The van der Waals surface area contributed by atoms with Gasteiger partial charge in [-0.1, -0.05) is 24.3 Å². The van der Waals surface area contributed by atoms with Gasteiger partial charge in [-0.05, 0) is 18.2 Å². The largest absolute Gasteiger partial charge is 0.378 e. The number of hydrogen-bond acceptors (Lipinski definition) is 4. The van der Waals surface area contributed by atoms with Gasteiger partial charge in [0.05, 0.1) is 4.92 Å². The Morgan fingerprint density at radius 2 is 1.80 bits per heavy atom. The Kier molecular flexibility index (Phi) is 3.79. The van der Waals surface area contributed by atoms with Crippen LogP contribution in [0.2, 0.25) is 0 Å². The van der Waals surface area contributed by atoms with Crippen molar-refractivity contribution in [1.29, 1.82) is 0 Å². The number of carbonyl (C=O) groups excluding carboxylic acids is 1. The molecule has 0 amide bonds. The van der Waals surface area contributed by atoms with Crippen molar-refractivity contribution in [2.24, 2.45) is 0 Å². The van der Waals surface area contributed by atoms with E-state index in [1.54, 1.807) is 30.3 Å². The molecule has 0 fully saturated rings. The summed E-state index contributed by atoms with van der Waals surface area (Å²) < 4.78 is 0. The summed E-state index contributed by atoms with van der Waals surface area (Å²) in [5.74, 6) is -0.346. The first-order valence-electron chi connectivity index (χ1n) is 6.06. The second-order valence-corrected chi connectivity index (χ2v) is 4.55.